The summed E-state index contributed by atoms with van der Waals surface area (Å²) in [7, 11) is -3.92. The van der Waals surface area contributed by atoms with Crippen molar-refractivity contribution in [2.45, 2.75) is 71.5 Å². The summed E-state index contributed by atoms with van der Waals surface area (Å²) >= 11 is 0. The Bertz CT molecular complexity index is 837. The maximum Gasteiger partial charge on any atom is 0.410 e. The van der Waals surface area contributed by atoms with E-state index in [0.717, 1.165) is 5.56 Å². The zero-order valence-electron chi connectivity index (χ0n) is 18.4. The van der Waals surface area contributed by atoms with Crippen LogP contribution in [0, 0.1) is 12.8 Å². The Morgan fingerprint density at radius 2 is 1.69 bits per heavy atom. The molecule has 2 rings (SSSR count). The van der Waals surface area contributed by atoms with Crippen LogP contribution in [0.25, 0.3) is 0 Å². The molecule has 1 fully saturated rings. The van der Waals surface area contributed by atoms with E-state index in [1.54, 1.807) is 29.2 Å². The van der Waals surface area contributed by atoms with Crippen molar-refractivity contribution in [2.75, 3.05) is 13.2 Å². The van der Waals surface area contributed by atoms with Gasteiger partial charge in [0.25, 0.3) is 10.0 Å². The molecule has 8 heteroatoms. The van der Waals surface area contributed by atoms with Crippen molar-refractivity contribution in [1.29, 1.82) is 0 Å². The Labute approximate surface area is 174 Å². The fourth-order valence-corrected chi connectivity index (χ4v) is 4.62. The SMILES string of the molecule is Cc1ccc(S(=O)(=O)/N=C(/CN2C(=O)OC[C@@H]2C(C)C)N(C(C)C)C(C)C)cc1. The number of benzene rings is 1. The number of amidine groups is 1. The van der Waals surface area contributed by atoms with E-state index in [4.69, 9.17) is 4.74 Å². The molecule has 1 aliphatic heterocycles. The van der Waals surface area contributed by atoms with Gasteiger partial charge in [0, 0.05) is 12.1 Å². The van der Waals surface area contributed by atoms with Gasteiger partial charge >= 0.3 is 6.09 Å². The molecular formula is C21H33N3O4S. The summed E-state index contributed by atoms with van der Waals surface area (Å²) in [6.45, 7) is 14.2. The van der Waals surface area contributed by atoms with E-state index >= 15 is 0 Å². The maximum atomic E-state index is 13.0. The largest absolute Gasteiger partial charge is 0.447 e. The highest BCUT2D eigenvalue weighted by Gasteiger charge is 2.37. The third-order valence-corrected chi connectivity index (χ3v) is 6.37. The van der Waals surface area contributed by atoms with Crippen LogP contribution in [0.1, 0.15) is 47.1 Å². The molecule has 0 aromatic heterocycles. The van der Waals surface area contributed by atoms with Crippen LogP contribution in [0.3, 0.4) is 0 Å². The van der Waals surface area contributed by atoms with Gasteiger partial charge in [-0.2, -0.15) is 8.42 Å². The van der Waals surface area contributed by atoms with E-state index in [-0.39, 0.29) is 35.5 Å². The molecule has 162 valence electrons. The highest BCUT2D eigenvalue weighted by molar-refractivity contribution is 7.90. The zero-order chi connectivity index (χ0) is 21.9. The lowest BCUT2D eigenvalue weighted by molar-refractivity contribution is 0.159. The fraction of sp³-hybridized carbons (Fsp3) is 0.619. The van der Waals surface area contributed by atoms with Crippen LogP contribution in [0.4, 0.5) is 4.79 Å². The van der Waals surface area contributed by atoms with Crippen molar-refractivity contribution in [3.05, 3.63) is 29.8 Å². The number of cyclic esters (lactones) is 1. The van der Waals surface area contributed by atoms with Crippen LogP contribution in [-0.2, 0) is 14.8 Å². The third kappa shape index (κ3) is 5.50. The first-order chi connectivity index (χ1) is 13.4. The zero-order valence-corrected chi connectivity index (χ0v) is 19.2. The molecule has 1 aromatic rings. The summed E-state index contributed by atoms with van der Waals surface area (Å²) in [5, 5.41) is 0. The third-order valence-electron chi connectivity index (χ3n) is 5.05. The molecule has 0 N–H and O–H groups in total. The maximum absolute atomic E-state index is 13.0. The van der Waals surface area contributed by atoms with Crippen molar-refractivity contribution in [1.82, 2.24) is 9.80 Å². The predicted octanol–water partition coefficient (Wildman–Crippen LogP) is 3.68. The average Bonchev–Trinajstić information content (AvgIpc) is 2.95. The lowest BCUT2D eigenvalue weighted by atomic mass is 10.0. The second-order valence-electron chi connectivity index (χ2n) is 8.41. The molecular weight excluding hydrogens is 390 g/mol. The monoisotopic (exact) mass is 423 g/mol. The summed E-state index contributed by atoms with van der Waals surface area (Å²) in [5.74, 6) is 0.531. The van der Waals surface area contributed by atoms with Crippen LogP contribution in [0.5, 0.6) is 0 Å². The minimum absolute atomic E-state index is 0.0121. The molecule has 1 amide bonds. The molecule has 0 bridgehead atoms. The Morgan fingerprint density at radius 3 is 2.17 bits per heavy atom. The molecule has 0 aliphatic carbocycles. The van der Waals surface area contributed by atoms with E-state index < -0.39 is 16.1 Å². The van der Waals surface area contributed by atoms with Gasteiger partial charge in [-0.15, -0.1) is 4.40 Å². The molecule has 0 saturated carbocycles. The van der Waals surface area contributed by atoms with E-state index in [9.17, 15) is 13.2 Å². The molecule has 1 atom stereocenters. The average molecular weight is 424 g/mol. The van der Waals surface area contributed by atoms with Gasteiger partial charge in [-0.05, 0) is 52.7 Å². The predicted molar refractivity (Wildman–Crippen MR) is 115 cm³/mol. The Balaban J connectivity index is 2.51. The van der Waals surface area contributed by atoms with E-state index in [2.05, 4.69) is 4.40 Å². The molecule has 1 heterocycles. The van der Waals surface area contributed by atoms with Crippen LogP contribution in [0.2, 0.25) is 0 Å². The summed E-state index contributed by atoms with van der Waals surface area (Å²) in [6, 6.07) is 6.52. The Kier molecular flexibility index (Phi) is 7.32. The standard InChI is InChI=1S/C21H33N3O4S/c1-14(2)19-13-28-21(25)23(19)12-20(24(15(3)4)16(5)6)22-29(26,27)18-10-8-17(7)9-11-18/h8-11,14-16,19H,12-13H2,1-7H3/b22-20-/t19-/m1/s1. The number of aryl methyl sites for hydroxylation is 1. The molecule has 1 saturated heterocycles. The Morgan fingerprint density at radius 1 is 1.14 bits per heavy atom. The lowest BCUT2D eigenvalue weighted by Gasteiger charge is -2.36. The number of carbonyl (C=O) groups is 1. The van der Waals surface area contributed by atoms with Crippen molar-refractivity contribution in [2.24, 2.45) is 10.3 Å². The normalized spacial score (nSPS) is 18.1. The first-order valence-electron chi connectivity index (χ1n) is 10.1. The van der Waals surface area contributed by atoms with E-state index in [0.29, 0.717) is 12.4 Å². The quantitative estimate of drug-likeness (QED) is 0.494. The first kappa shape index (κ1) is 23.2. The van der Waals surface area contributed by atoms with Gasteiger partial charge in [-0.3, -0.25) is 4.90 Å². The number of amides is 1. The van der Waals surface area contributed by atoms with Crippen molar-refractivity contribution in [3.63, 3.8) is 0 Å². The number of hydrogen-bond acceptors (Lipinski definition) is 4. The molecule has 29 heavy (non-hydrogen) atoms. The summed E-state index contributed by atoms with van der Waals surface area (Å²) in [4.78, 5) is 16.0. The molecule has 1 aromatic carbocycles. The highest BCUT2D eigenvalue weighted by atomic mass is 32.2. The van der Waals surface area contributed by atoms with E-state index in [1.807, 2.05) is 53.4 Å². The van der Waals surface area contributed by atoms with Gasteiger partial charge in [0.1, 0.15) is 12.4 Å². The topological polar surface area (TPSA) is 79.3 Å². The molecule has 7 nitrogen and oxygen atoms in total. The lowest BCUT2D eigenvalue weighted by Crippen LogP contribution is -2.50. The summed E-state index contributed by atoms with van der Waals surface area (Å²) in [5.41, 5.74) is 0.971. The van der Waals surface area contributed by atoms with Crippen LogP contribution in [-0.4, -0.2) is 61.4 Å². The first-order valence-corrected chi connectivity index (χ1v) is 11.5. The van der Waals surface area contributed by atoms with Gasteiger partial charge < -0.3 is 9.64 Å². The number of sulfonamides is 1. The fourth-order valence-electron chi connectivity index (χ4n) is 3.60. The number of nitrogens with zero attached hydrogens (tertiary/aromatic N) is 3. The molecule has 1 aliphatic rings. The minimum Gasteiger partial charge on any atom is -0.447 e. The van der Waals surface area contributed by atoms with E-state index in [1.165, 1.54) is 0 Å². The Hall–Kier alpha value is -2.09. The van der Waals surface area contributed by atoms with Gasteiger partial charge in [0.2, 0.25) is 0 Å². The van der Waals surface area contributed by atoms with Crippen LogP contribution < -0.4 is 0 Å². The number of ether oxygens (including phenoxy) is 1. The van der Waals surface area contributed by atoms with Crippen LogP contribution in [0.15, 0.2) is 33.6 Å². The molecule has 0 spiro atoms. The number of carbonyl (C=O) groups excluding carboxylic acids is 1. The van der Waals surface area contributed by atoms with Crippen molar-refractivity contribution in [3.8, 4) is 0 Å². The molecule has 0 unspecified atom stereocenters. The highest BCUT2D eigenvalue weighted by Crippen LogP contribution is 2.22. The number of rotatable bonds is 7. The minimum atomic E-state index is -3.92. The smallest absolute Gasteiger partial charge is 0.410 e. The number of hydrogen-bond donors (Lipinski definition) is 0. The van der Waals surface area contributed by atoms with Gasteiger partial charge in [0.05, 0.1) is 17.5 Å². The second kappa shape index (κ2) is 9.15. The van der Waals surface area contributed by atoms with Gasteiger partial charge in [0.15, 0.2) is 0 Å². The van der Waals surface area contributed by atoms with Crippen LogP contribution >= 0.6 is 0 Å². The summed E-state index contributed by atoms with van der Waals surface area (Å²) < 4.78 is 35.5. The summed E-state index contributed by atoms with van der Waals surface area (Å²) in [6.07, 6.45) is -0.434. The van der Waals surface area contributed by atoms with Gasteiger partial charge in [-0.25, -0.2) is 4.79 Å². The van der Waals surface area contributed by atoms with Crippen molar-refractivity contribution >= 4 is 22.0 Å². The molecule has 0 radical (unpaired) electrons. The van der Waals surface area contributed by atoms with Crippen molar-refractivity contribution < 1.29 is 17.9 Å². The second-order valence-corrected chi connectivity index (χ2v) is 10.0. The van der Waals surface area contributed by atoms with Gasteiger partial charge in [-0.1, -0.05) is 31.5 Å².